The maximum atomic E-state index is 12.6. The first-order chi connectivity index (χ1) is 13.0. The van der Waals surface area contributed by atoms with Crippen LogP contribution in [0.5, 0.6) is 0 Å². The highest BCUT2D eigenvalue weighted by atomic mass is 16.1. The van der Waals surface area contributed by atoms with E-state index in [0.29, 0.717) is 17.6 Å². The highest BCUT2D eigenvalue weighted by Crippen LogP contribution is 2.26. The zero-order valence-corrected chi connectivity index (χ0v) is 15.5. The van der Waals surface area contributed by atoms with E-state index in [4.69, 9.17) is 4.99 Å². The van der Waals surface area contributed by atoms with Crippen LogP contribution in [0.15, 0.2) is 64.4 Å². The molecule has 6 nitrogen and oxygen atoms in total. The number of nitrogens with one attached hydrogen (secondary N) is 2. The maximum absolute atomic E-state index is 12.6. The van der Waals surface area contributed by atoms with Gasteiger partial charge in [-0.1, -0.05) is 48.0 Å². The standard InChI is InChI=1S/C21H21N5O/c1-13-9-10-17(14(2)11-13)23-20-24-19(16-7-5-4-6-8-16)26-18(27)12-15(3)22-21(26)25-20/h4-12,19H,1-3H3,(H2,22,23,24,25)/t19-/m0/s1. The lowest BCUT2D eigenvalue weighted by Crippen LogP contribution is -2.37. The normalized spacial score (nSPS) is 15.5. The van der Waals surface area contributed by atoms with Crippen LogP contribution in [-0.2, 0) is 0 Å². The van der Waals surface area contributed by atoms with Crippen molar-refractivity contribution in [2.45, 2.75) is 26.9 Å². The summed E-state index contributed by atoms with van der Waals surface area (Å²) in [7, 11) is 0. The molecule has 0 bridgehead atoms. The summed E-state index contributed by atoms with van der Waals surface area (Å²) in [5, 5.41) is 6.50. The van der Waals surface area contributed by atoms with Gasteiger partial charge in [0.15, 0.2) is 6.17 Å². The van der Waals surface area contributed by atoms with E-state index in [-0.39, 0.29) is 5.56 Å². The van der Waals surface area contributed by atoms with Crippen LogP contribution in [0.4, 0.5) is 11.6 Å². The van der Waals surface area contributed by atoms with Gasteiger partial charge in [-0.3, -0.25) is 14.7 Å². The van der Waals surface area contributed by atoms with Gasteiger partial charge in [-0.05, 0) is 38.0 Å². The van der Waals surface area contributed by atoms with Crippen LogP contribution in [0.1, 0.15) is 28.6 Å². The van der Waals surface area contributed by atoms with E-state index in [1.807, 2.05) is 56.3 Å². The van der Waals surface area contributed by atoms with E-state index in [9.17, 15) is 4.79 Å². The summed E-state index contributed by atoms with van der Waals surface area (Å²) in [6.07, 6.45) is -0.476. The molecule has 0 spiro atoms. The SMILES string of the molecule is Cc1ccc(NC2=N[C@H](c3ccccc3)n3c(nc(C)cc3=O)N2)c(C)c1. The van der Waals surface area contributed by atoms with Crippen LogP contribution in [0.25, 0.3) is 0 Å². The van der Waals surface area contributed by atoms with Crippen molar-refractivity contribution in [1.29, 1.82) is 0 Å². The molecule has 0 fully saturated rings. The average molecular weight is 359 g/mol. The molecule has 2 heterocycles. The third-order valence-electron chi connectivity index (χ3n) is 4.54. The molecule has 1 aliphatic heterocycles. The van der Waals surface area contributed by atoms with Crippen molar-refractivity contribution in [1.82, 2.24) is 9.55 Å². The minimum atomic E-state index is -0.476. The molecule has 6 heteroatoms. The summed E-state index contributed by atoms with van der Waals surface area (Å²) in [5.41, 5.74) is 4.74. The van der Waals surface area contributed by atoms with Gasteiger partial charge in [0.25, 0.3) is 5.56 Å². The molecule has 0 saturated carbocycles. The molecule has 27 heavy (non-hydrogen) atoms. The second kappa shape index (κ2) is 6.72. The summed E-state index contributed by atoms with van der Waals surface area (Å²) in [6.45, 7) is 5.92. The molecule has 0 unspecified atom stereocenters. The Morgan fingerprint density at radius 2 is 1.81 bits per heavy atom. The van der Waals surface area contributed by atoms with Crippen molar-refractivity contribution >= 4 is 17.6 Å². The number of fused-ring (bicyclic) bond motifs is 1. The summed E-state index contributed by atoms with van der Waals surface area (Å²) in [5.74, 6) is 1.05. The lowest BCUT2D eigenvalue weighted by Gasteiger charge is -2.27. The predicted molar refractivity (Wildman–Crippen MR) is 108 cm³/mol. The summed E-state index contributed by atoms with van der Waals surface area (Å²) >= 11 is 0. The van der Waals surface area contributed by atoms with Gasteiger partial charge in [0.1, 0.15) is 0 Å². The molecule has 1 aromatic heterocycles. The Morgan fingerprint density at radius 3 is 2.56 bits per heavy atom. The number of guanidine groups is 1. The molecule has 0 radical (unpaired) electrons. The van der Waals surface area contributed by atoms with E-state index in [1.54, 1.807) is 4.57 Å². The van der Waals surface area contributed by atoms with E-state index in [2.05, 4.69) is 28.6 Å². The third kappa shape index (κ3) is 3.33. The van der Waals surface area contributed by atoms with Crippen molar-refractivity contribution in [2.75, 3.05) is 10.6 Å². The highest BCUT2D eigenvalue weighted by Gasteiger charge is 2.25. The van der Waals surface area contributed by atoms with E-state index >= 15 is 0 Å². The van der Waals surface area contributed by atoms with Gasteiger partial charge >= 0.3 is 0 Å². The van der Waals surface area contributed by atoms with Crippen molar-refractivity contribution in [2.24, 2.45) is 4.99 Å². The molecule has 1 atom stereocenters. The minimum absolute atomic E-state index is 0.131. The minimum Gasteiger partial charge on any atom is -0.326 e. The number of benzene rings is 2. The Kier molecular flexibility index (Phi) is 4.24. The molecule has 2 aromatic carbocycles. The van der Waals surface area contributed by atoms with E-state index < -0.39 is 6.17 Å². The average Bonchev–Trinajstić information content (AvgIpc) is 2.63. The zero-order chi connectivity index (χ0) is 19.0. The molecule has 0 saturated heterocycles. The summed E-state index contributed by atoms with van der Waals surface area (Å²) in [4.78, 5) is 21.9. The number of aromatic nitrogens is 2. The predicted octanol–water partition coefficient (Wildman–Crippen LogP) is 3.61. The Balaban J connectivity index is 1.79. The van der Waals surface area contributed by atoms with Crippen LogP contribution < -0.4 is 16.2 Å². The number of hydrogen-bond acceptors (Lipinski definition) is 5. The molecular weight excluding hydrogens is 338 g/mol. The Hall–Kier alpha value is -3.41. The Bertz CT molecular complexity index is 1090. The van der Waals surface area contributed by atoms with Gasteiger partial charge in [-0.2, -0.15) is 0 Å². The lowest BCUT2D eigenvalue weighted by molar-refractivity contribution is 0.577. The molecule has 136 valence electrons. The fourth-order valence-electron chi connectivity index (χ4n) is 3.24. The molecular formula is C21H21N5O. The topological polar surface area (TPSA) is 71.3 Å². The van der Waals surface area contributed by atoms with Crippen LogP contribution in [0.2, 0.25) is 0 Å². The summed E-state index contributed by atoms with van der Waals surface area (Å²) in [6, 6.07) is 17.5. The fraction of sp³-hybridized carbons (Fsp3) is 0.190. The number of hydrogen-bond donors (Lipinski definition) is 2. The van der Waals surface area contributed by atoms with Crippen LogP contribution >= 0.6 is 0 Å². The van der Waals surface area contributed by atoms with Crippen molar-refractivity contribution in [3.8, 4) is 0 Å². The summed E-state index contributed by atoms with van der Waals surface area (Å²) < 4.78 is 1.58. The molecule has 4 rings (SSSR count). The van der Waals surface area contributed by atoms with Crippen LogP contribution in [-0.4, -0.2) is 15.5 Å². The number of anilines is 2. The van der Waals surface area contributed by atoms with Crippen LogP contribution in [0, 0.1) is 20.8 Å². The smallest absolute Gasteiger partial charge is 0.257 e. The second-order valence-corrected chi connectivity index (χ2v) is 6.76. The Labute approximate surface area is 157 Å². The number of aryl methyl sites for hydroxylation is 3. The van der Waals surface area contributed by atoms with Gasteiger partial charge in [0.05, 0.1) is 0 Å². The van der Waals surface area contributed by atoms with Crippen molar-refractivity contribution in [3.63, 3.8) is 0 Å². The first kappa shape index (κ1) is 17.0. The first-order valence-electron chi connectivity index (χ1n) is 8.85. The van der Waals surface area contributed by atoms with Gasteiger partial charge in [-0.25, -0.2) is 9.98 Å². The third-order valence-corrected chi connectivity index (χ3v) is 4.54. The second-order valence-electron chi connectivity index (χ2n) is 6.76. The quantitative estimate of drug-likeness (QED) is 0.733. The number of aliphatic imine (C=N–C) groups is 1. The molecule has 1 aliphatic rings. The number of rotatable bonds is 2. The van der Waals surface area contributed by atoms with Crippen molar-refractivity contribution < 1.29 is 0 Å². The largest absolute Gasteiger partial charge is 0.326 e. The fourth-order valence-corrected chi connectivity index (χ4v) is 3.24. The van der Waals surface area contributed by atoms with Crippen LogP contribution in [0.3, 0.4) is 0 Å². The van der Waals surface area contributed by atoms with Crippen molar-refractivity contribution in [3.05, 3.63) is 87.3 Å². The number of nitrogens with zero attached hydrogens (tertiary/aromatic N) is 3. The van der Waals surface area contributed by atoms with Gasteiger partial charge in [0, 0.05) is 17.4 Å². The Morgan fingerprint density at radius 1 is 1.04 bits per heavy atom. The highest BCUT2D eigenvalue weighted by molar-refractivity contribution is 6.04. The van der Waals surface area contributed by atoms with Gasteiger partial charge in [-0.15, -0.1) is 0 Å². The van der Waals surface area contributed by atoms with E-state index in [0.717, 1.165) is 16.8 Å². The van der Waals surface area contributed by atoms with Gasteiger partial charge in [0.2, 0.25) is 11.9 Å². The zero-order valence-electron chi connectivity index (χ0n) is 15.5. The molecule has 2 N–H and O–H groups in total. The van der Waals surface area contributed by atoms with E-state index in [1.165, 1.54) is 11.6 Å². The maximum Gasteiger partial charge on any atom is 0.257 e. The first-order valence-corrected chi connectivity index (χ1v) is 8.85. The molecule has 0 amide bonds. The van der Waals surface area contributed by atoms with Gasteiger partial charge < -0.3 is 5.32 Å². The monoisotopic (exact) mass is 359 g/mol. The lowest BCUT2D eigenvalue weighted by atomic mass is 10.1. The molecule has 0 aliphatic carbocycles. The molecule has 3 aromatic rings.